The lowest BCUT2D eigenvalue weighted by atomic mass is 9.99. The van der Waals surface area contributed by atoms with Gasteiger partial charge in [-0.15, -0.1) is 0 Å². The molecular formula is C22H20O13. The van der Waals surface area contributed by atoms with E-state index in [0.717, 1.165) is 24.3 Å². The molecule has 2 aromatic carbocycles. The largest absolute Gasteiger partial charge is 0.507 e. The minimum absolute atomic E-state index is 0.0777. The van der Waals surface area contributed by atoms with Crippen LogP contribution in [0.25, 0.3) is 22.3 Å². The lowest BCUT2D eigenvalue weighted by Crippen LogP contribution is -2.61. The highest BCUT2D eigenvalue weighted by atomic mass is 16.7. The van der Waals surface area contributed by atoms with Crippen LogP contribution >= 0.6 is 0 Å². The van der Waals surface area contributed by atoms with Crippen molar-refractivity contribution >= 4 is 16.9 Å². The molecule has 1 saturated heterocycles. The minimum Gasteiger partial charge on any atom is -0.507 e. The third-order valence-electron chi connectivity index (χ3n) is 5.41. The Labute approximate surface area is 195 Å². The van der Waals surface area contributed by atoms with Crippen LogP contribution < -0.4 is 14.9 Å². The van der Waals surface area contributed by atoms with Crippen molar-refractivity contribution in [3.8, 4) is 40.1 Å². The molecule has 1 aliphatic heterocycles. The van der Waals surface area contributed by atoms with Crippen LogP contribution in [0.1, 0.15) is 0 Å². The first-order valence-electron chi connectivity index (χ1n) is 10.0. The average molecular weight is 492 g/mol. The summed E-state index contributed by atoms with van der Waals surface area (Å²) in [7, 11) is 1.25. The Balaban J connectivity index is 1.75. The molecule has 0 bridgehead atoms. The van der Waals surface area contributed by atoms with Gasteiger partial charge < -0.3 is 54.4 Å². The van der Waals surface area contributed by atoms with Crippen LogP contribution in [-0.2, 0) is 9.53 Å². The molecule has 3 aromatic rings. The van der Waals surface area contributed by atoms with Crippen LogP contribution in [0.3, 0.4) is 0 Å². The number of methoxy groups -OCH3 is 1. The summed E-state index contributed by atoms with van der Waals surface area (Å²) in [5.74, 6) is -3.67. The van der Waals surface area contributed by atoms with Crippen LogP contribution in [0.15, 0.2) is 39.5 Å². The molecule has 0 radical (unpaired) electrons. The number of fused-ring (bicyclic) bond motifs is 1. The van der Waals surface area contributed by atoms with Crippen LogP contribution in [0, 0.1) is 0 Å². The van der Waals surface area contributed by atoms with E-state index in [1.807, 2.05) is 0 Å². The maximum atomic E-state index is 12.7. The Morgan fingerprint density at radius 1 is 0.943 bits per heavy atom. The van der Waals surface area contributed by atoms with Crippen LogP contribution in [-0.4, -0.2) is 79.5 Å². The van der Waals surface area contributed by atoms with Gasteiger partial charge >= 0.3 is 5.97 Å². The molecule has 13 nitrogen and oxygen atoms in total. The number of aliphatic hydroxyl groups is 3. The number of carboxylic acid groups (broad SMARTS) is 1. The molecule has 35 heavy (non-hydrogen) atoms. The maximum Gasteiger partial charge on any atom is 0.335 e. The van der Waals surface area contributed by atoms with Crippen molar-refractivity contribution < 1.29 is 59.2 Å². The summed E-state index contributed by atoms with van der Waals surface area (Å²) in [6.07, 6.45) is -9.37. The van der Waals surface area contributed by atoms with Crippen molar-refractivity contribution in [2.75, 3.05) is 7.11 Å². The summed E-state index contributed by atoms with van der Waals surface area (Å²) >= 11 is 0. The number of hydrogen-bond acceptors (Lipinski definition) is 12. The van der Waals surface area contributed by atoms with Gasteiger partial charge in [0.05, 0.1) is 7.11 Å². The number of benzene rings is 2. The first-order chi connectivity index (χ1) is 16.5. The maximum absolute atomic E-state index is 12.7. The Morgan fingerprint density at radius 2 is 1.66 bits per heavy atom. The molecule has 0 unspecified atom stereocenters. The molecule has 0 spiro atoms. The lowest BCUT2D eigenvalue weighted by molar-refractivity contribution is -0.271. The van der Waals surface area contributed by atoms with Crippen molar-refractivity contribution in [1.29, 1.82) is 0 Å². The summed E-state index contributed by atoms with van der Waals surface area (Å²) in [6.45, 7) is 0. The third kappa shape index (κ3) is 4.28. The van der Waals surface area contributed by atoms with E-state index in [-0.39, 0.29) is 33.8 Å². The first kappa shape index (κ1) is 24.1. The summed E-state index contributed by atoms with van der Waals surface area (Å²) in [5.41, 5.74) is -0.723. The number of phenolic OH excluding ortho intramolecular Hbond substituents is 3. The van der Waals surface area contributed by atoms with Gasteiger partial charge in [-0.25, -0.2) is 4.79 Å². The fourth-order valence-electron chi connectivity index (χ4n) is 3.63. The van der Waals surface area contributed by atoms with Gasteiger partial charge in [0.25, 0.3) is 0 Å². The molecule has 5 atom stereocenters. The van der Waals surface area contributed by atoms with Gasteiger partial charge in [-0.3, -0.25) is 4.79 Å². The first-order valence-corrected chi connectivity index (χ1v) is 10.0. The normalized spacial score (nSPS) is 24.3. The Hall–Kier alpha value is -4.04. The van der Waals surface area contributed by atoms with E-state index in [1.54, 1.807) is 0 Å². The Bertz CT molecular complexity index is 1350. The van der Waals surface area contributed by atoms with E-state index in [4.69, 9.17) is 23.7 Å². The number of rotatable bonds is 5. The molecule has 1 aromatic heterocycles. The van der Waals surface area contributed by atoms with Gasteiger partial charge in [0.15, 0.2) is 23.0 Å². The highest BCUT2D eigenvalue weighted by Crippen LogP contribution is 2.40. The molecule has 4 rings (SSSR count). The van der Waals surface area contributed by atoms with Crippen molar-refractivity contribution in [3.05, 3.63) is 40.6 Å². The molecule has 2 heterocycles. The predicted octanol–water partition coefficient (Wildman–Crippen LogP) is -0.144. The van der Waals surface area contributed by atoms with E-state index in [2.05, 4.69) is 0 Å². The summed E-state index contributed by atoms with van der Waals surface area (Å²) in [5, 5.41) is 68.9. The van der Waals surface area contributed by atoms with Crippen molar-refractivity contribution in [2.45, 2.75) is 30.7 Å². The van der Waals surface area contributed by atoms with Gasteiger partial charge in [0.1, 0.15) is 46.5 Å². The van der Waals surface area contributed by atoms with E-state index in [9.17, 15) is 40.2 Å². The van der Waals surface area contributed by atoms with Crippen molar-refractivity contribution in [1.82, 2.24) is 0 Å². The zero-order chi connectivity index (χ0) is 25.6. The molecule has 0 saturated carbocycles. The van der Waals surface area contributed by atoms with Crippen LogP contribution in [0.2, 0.25) is 0 Å². The van der Waals surface area contributed by atoms with Gasteiger partial charge in [0, 0.05) is 23.8 Å². The number of carboxylic acids is 1. The lowest BCUT2D eigenvalue weighted by Gasteiger charge is -2.38. The van der Waals surface area contributed by atoms with Gasteiger partial charge in [-0.1, -0.05) is 0 Å². The Kier molecular flexibility index (Phi) is 6.17. The number of aliphatic carboxylic acids is 1. The summed E-state index contributed by atoms with van der Waals surface area (Å²) in [6, 6.07) is 5.58. The molecule has 0 amide bonds. The molecule has 7 N–H and O–H groups in total. The fourth-order valence-corrected chi connectivity index (χ4v) is 3.63. The fraction of sp³-hybridized carbons (Fsp3) is 0.273. The predicted molar refractivity (Wildman–Crippen MR) is 114 cm³/mol. The average Bonchev–Trinajstić information content (AvgIpc) is 2.80. The number of hydrogen-bond donors (Lipinski definition) is 7. The molecule has 1 aliphatic rings. The van der Waals surface area contributed by atoms with E-state index < -0.39 is 59.4 Å². The molecule has 13 heteroatoms. The second-order valence-electron chi connectivity index (χ2n) is 7.69. The van der Waals surface area contributed by atoms with Crippen LogP contribution in [0.5, 0.6) is 28.7 Å². The van der Waals surface area contributed by atoms with E-state index in [0.29, 0.717) is 0 Å². The zero-order valence-electron chi connectivity index (χ0n) is 17.9. The summed E-state index contributed by atoms with van der Waals surface area (Å²) < 4.78 is 21.1. The monoisotopic (exact) mass is 492 g/mol. The topological polar surface area (TPSA) is 217 Å². The quantitative estimate of drug-likeness (QED) is 0.231. The van der Waals surface area contributed by atoms with E-state index in [1.165, 1.54) is 13.2 Å². The van der Waals surface area contributed by atoms with Crippen LogP contribution in [0.4, 0.5) is 0 Å². The van der Waals surface area contributed by atoms with E-state index >= 15 is 0 Å². The summed E-state index contributed by atoms with van der Waals surface area (Å²) in [4.78, 5) is 23.9. The van der Waals surface area contributed by atoms with Gasteiger partial charge in [-0.2, -0.15) is 0 Å². The number of ether oxygens (including phenoxy) is 3. The molecule has 186 valence electrons. The SMILES string of the molecule is COc1cc(-c2cc(=O)c3c(O)cc(O[C@@H]4O[C@H](C(=O)O)[C@@H](O)[C@H](O)[C@H]4O)cc3o2)cc(O)c1O. The molecule has 0 aliphatic carbocycles. The van der Waals surface area contributed by atoms with Crippen molar-refractivity contribution in [3.63, 3.8) is 0 Å². The Morgan fingerprint density at radius 3 is 2.31 bits per heavy atom. The second-order valence-corrected chi connectivity index (χ2v) is 7.69. The number of phenols is 3. The molecular weight excluding hydrogens is 472 g/mol. The molecule has 1 fully saturated rings. The van der Waals surface area contributed by atoms with Gasteiger partial charge in [0.2, 0.25) is 12.0 Å². The van der Waals surface area contributed by atoms with Gasteiger partial charge in [-0.05, 0) is 12.1 Å². The standard InChI is InChI=1S/C22H20O13/c1-32-14-3-7(2-11(25)16(14)26)12-6-10(24)15-9(23)4-8(5-13(15)34-12)33-22-19(29)17(27)18(28)20(35-22)21(30)31/h2-6,17-20,22-23,25-29H,1H3,(H,30,31)/t17-,18-,19+,20-,22+/m0/s1. The highest BCUT2D eigenvalue weighted by Gasteiger charge is 2.48. The smallest absolute Gasteiger partial charge is 0.335 e. The second kappa shape index (κ2) is 8.96. The zero-order valence-corrected chi connectivity index (χ0v) is 17.9. The number of aromatic hydroxyl groups is 3. The third-order valence-corrected chi connectivity index (χ3v) is 5.41. The number of carbonyl (C=O) groups is 1. The number of aliphatic hydroxyl groups excluding tert-OH is 3. The van der Waals surface area contributed by atoms with Crippen molar-refractivity contribution in [2.24, 2.45) is 0 Å². The highest BCUT2D eigenvalue weighted by molar-refractivity contribution is 5.86. The minimum atomic E-state index is -1.92.